The number of hydrogen-bond donors (Lipinski definition) is 1. The van der Waals surface area contributed by atoms with E-state index < -0.39 is 0 Å². The molecular formula is C9H12BrN5. The standard InChI is InChI=1S/C9H12BrN5/c1-6(3-4-11)15(2)9-7(10)8(12)13-5-14-9/h5-6H,3H2,1-2H3,(H2,12,13,14). The third-order valence-electron chi connectivity index (χ3n) is 2.18. The fraction of sp³-hybridized carbons (Fsp3) is 0.444. The first-order valence-corrected chi connectivity index (χ1v) is 5.23. The van der Waals surface area contributed by atoms with Gasteiger partial charge in [0.05, 0.1) is 12.5 Å². The van der Waals surface area contributed by atoms with Crippen molar-refractivity contribution in [2.45, 2.75) is 19.4 Å². The van der Waals surface area contributed by atoms with Crippen LogP contribution in [-0.4, -0.2) is 23.1 Å². The zero-order valence-electron chi connectivity index (χ0n) is 8.61. The van der Waals surface area contributed by atoms with E-state index in [1.54, 1.807) is 0 Å². The molecule has 0 amide bonds. The van der Waals surface area contributed by atoms with Crippen LogP contribution in [-0.2, 0) is 0 Å². The molecule has 5 nitrogen and oxygen atoms in total. The molecule has 0 aromatic carbocycles. The molecule has 0 aliphatic heterocycles. The molecule has 80 valence electrons. The lowest BCUT2D eigenvalue weighted by Crippen LogP contribution is -2.29. The molecule has 6 heteroatoms. The van der Waals surface area contributed by atoms with Crippen LogP contribution in [0, 0.1) is 11.3 Å². The summed E-state index contributed by atoms with van der Waals surface area (Å²) < 4.78 is 0.664. The number of hydrogen-bond acceptors (Lipinski definition) is 5. The summed E-state index contributed by atoms with van der Waals surface area (Å²) in [5.74, 6) is 1.10. The van der Waals surface area contributed by atoms with Gasteiger partial charge in [-0.25, -0.2) is 9.97 Å². The highest BCUT2D eigenvalue weighted by atomic mass is 79.9. The molecular weight excluding hydrogens is 258 g/mol. The maximum absolute atomic E-state index is 8.61. The summed E-state index contributed by atoms with van der Waals surface area (Å²) in [7, 11) is 1.87. The minimum Gasteiger partial charge on any atom is -0.383 e. The molecule has 0 fully saturated rings. The topological polar surface area (TPSA) is 78.8 Å². The average Bonchev–Trinajstić information content (AvgIpc) is 2.21. The number of anilines is 2. The number of nitrogen functional groups attached to an aromatic ring is 1. The molecule has 0 aliphatic rings. The minimum atomic E-state index is 0.0839. The monoisotopic (exact) mass is 269 g/mol. The Morgan fingerprint density at radius 2 is 2.33 bits per heavy atom. The Morgan fingerprint density at radius 1 is 1.67 bits per heavy atom. The summed E-state index contributed by atoms with van der Waals surface area (Å²) in [6.07, 6.45) is 1.85. The van der Waals surface area contributed by atoms with Crippen LogP contribution in [0.2, 0.25) is 0 Å². The highest BCUT2D eigenvalue weighted by Gasteiger charge is 2.15. The Kier molecular flexibility index (Phi) is 3.86. The number of nitrogens with zero attached hydrogens (tertiary/aromatic N) is 4. The van der Waals surface area contributed by atoms with E-state index in [4.69, 9.17) is 11.0 Å². The van der Waals surface area contributed by atoms with Crippen molar-refractivity contribution in [3.63, 3.8) is 0 Å². The number of nitrogens with two attached hydrogens (primary N) is 1. The van der Waals surface area contributed by atoms with Crippen LogP contribution in [0.1, 0.15) is 13.3 Å². The molecule has 0 saturated heterocycles. The van der Waals surface area contributed by atoms with Gasteiger partial charge in [-0.1, -0.05) is 0 Å². The Balaban J connectivity index is 2.96. The number of rotatable bonds is 3. The van der Waals surface area contributed by atoms with Gasteiger partial charge in [-0.3, -0.25) is 0 Å². The molecule has 0 bridgehead atoms. The van der Waals surface area contributed by atoms with Crippen LogP contribution in [0.4, 0.5) is 11.6 Å². The molecule has 1 heterocycles. The summed E-state index contributed by atoms with van der Waals surface area (Å²) in [4.78, 5) is 9.87. The van der Waals surface area contributed by atoms with Gasteiger partial charge in [-0.2, -0.15) is 5.26 Å². The first-order valence-electron chi connectivity index (χ1n) is 4.43. The van der Waals surface area contributed by atoms with Crippen LogP contribution in [0.15, 0.2) is 10.8 Å². The fourth-order valence-electron chi connectivity index (χ4n) is 1.10. The van der Waals surface area contributed by atoms with Crippen molar-refractivity contribution >= 4 is 27.6 Å². The summed E-state index contributed by atoms with van der Waals surface area (Å²) in [6, 6.07) is 2.20. The van der Waals surface area contributed by atoms with Crippen LogP contribution >= 0.6 is 15.9 Å². The van der Waals surface area contributed by atoms with Crippen LogP contribution in [0.3, 0.4) is 0 Å². The lowest BCUT2D eigenvalue weighted by atomic mass is 10.2. The van der Waals surface area contributed by atoms with E-state index in [0.717, 1.165) is 0 Å². The van der Waals surface area contributed by atoms with Crippen LogP contribution < -0.4 is 10.6 Å². The lowest BCUT2D eigenvalue weighted by molar-refractivity contribution is 0.691. The molecule has 0 saturated carbocycles. The Hall–Kier alpha value is -1.35. The van der Waals surface area contributed by atoms with Gasteiger partial charge in [0.1, 0.15) is 22.4 Å². The summed E-state index contributed by atoms with van der Waals surface area (Å²) in [5.41, 5.74) is 5.64. The number of nitriles is 1. The van der Waals surface area contributed by atoms with E-state index in [1.165, 1.54) is 6.33 Å². The lowest BCUT2D eigenvalue weighted by Gasteiger charge is -2.24. The van der Waals surface area contributed by atoms with Gasteiger partial charge >= 0.3 is 0 Å². The van der Waals surface area contributed by atoms with Gasteiger partial charge in [0.25, 0.3) is 0 Å². The van der Waals surface area contributed by atoms with Gasteiger partial charge in [0.2, 0.25) is 0 Å². The highest BCUT2D eigenvalue weighted by Crippen LogP contribution is 2.27. The Labute approximate surface area is 97.1 Å². The molecule has 1 rings (SSSR count). The second kappa shape index (κ2) is 4.94. The molecule has 0 spiro atoms. The summed E-state index contributed by atoms with van der Waals surface area (Å²) in [6.45, 7) is 1.95. The van der Waals surface area contributed by atoms with Gasteiger partial charge in [-0.05, 0) is 22.9 Å². The van der Waals surface area contributed by atoms with E-state index in [9.17, 15) is 0 Å². The van der Waals surface area contributed by atoms with Crippen molar-refractivity contribution in [2.24, 2.45) is 0 Å². The SMILES string of the molecule is CC(CC#N)N(C)c1ncnc(N)c1Br. The molecule has 1 unspecified atom stereocenters. The smallest absolute Gasteiger partial charge is 0.148 e. The predicted octanol–water partition coefficient (Wildman–Crippen LogP) is 1.56. The molecule has 1 aromatic rings. The van der Waals surface area contributed by atoms with E-state index in [1.807, 2.05) is 18.9 Å². The van der Waals surface area contributed by atoms with Crippen molar-refractivity contribution < 1.29 is 0 Å². The van der Waals surface area contributed by atoms with E-state index >= 15 is 0 Å². The molecule has 0 radical (unpaired) electrons. The molecule has 2 N–H and O–H groups in total. The van der Waals surface area contributed by atoms with Gasteiger partial charge in [0, 0.05) is 13.1 Å². The molecule has 15 heavy (non-hydrogen) atoms. The third kappa shape index (κ3) is 2.57. The van der Waals surface area contributed by atoms with Crippen molar-refractivity contribution in [3.8, 4) is 6.07 Å². The highest BCUT2D eigenvalue weighted by molar-refractivity contribution is 9.10. The van der Waals surface area contributed by atoms with Crippen molar-refractivity contribution in [3.05, 3.63) is 10.8 Å². The van der Waals surface area contributed by atoms with Gasteiger partial charge in [-0.15, -0.1) is 0 Å². The number of aromatic nitrogens is 2. The van der Waals surface area contributed by atoms with Gasteiger partial charge < -0.3 is 10.6 Å². The summed E-state index contributed by atoms with van der Waals surface area (Å²) >= 11 is 3.33. The number of halogens is 1. The van der Waals surface area contributed by atoms with Gasteiger partial charge in [0.15, 0.2) is 0 Å². The van der Waals surface area contributed by atoms with Crippen molar-refractivity contribution in [2.75, 3.05) is 17.7 Å². The predicted molar refractivity (Wildman–Crippen MR) is 62.2 cm³/mol. The maximum Gasteiger partial charge on any atom is 0.148 e. The minimum absolute atomic E-state index is 0.0839. The second-order valence-electron chi connectivity index (χ2n) is 3.22. The summed E-state index contributed by atoms with van der Waals surface area (Å²) in [5, 5.41) is 8.61. The third-order valence-corrected chi connectivity index (χ3v) is 2.94. The first-order chi connectivity index (χ1) is 7.07. The fourth-order valence-corrected chi connectivity index (χ4v) is 1.58. The normalized spacial score (nSPS) is 11.9. The van der Waals surface area contributed by atoms with E-state index in [-0.39, 0.29) is 6.04 Å². The maximum atomic E-state index is 8.61. The van der Waals surface area contributed by atoms with Crippen molar-refractivity contribution in [1.29, 1.82) is 5.26 Å². The molecule has 1 atom stereocenters. The zero-order valence-corrected chi connectivity index (χ0v) is 10.2. The van der Waals surface area contributed by atoms with Crippen LogP contribution in [0.25, 0.3) is 0 Å². The quantitative estimate of drug-likeness (QED) is 0.901. The van der Waals surface area contributed by atoms with Crippen LogP contribution in [0.5, 0.6) is 0 Å². The molecule has 1 aromatic heterocycles. The largest absolute Gasteiger partial charge is 0.383 e. The van der Waals surface area contributed by atoms with E-state index in [0.29, 0.717) is 22.5 Å². The van der Waals surface area contributed by atoms with E-state index in [2.05, 4.69) is 32.0 Å². The molecule has 0 aliphatic carbocycles. The average molecular weight is 270 g/mol. The Morgan fingerprint density at radius 3 is 2.93 bits per heavy atom. The zero-order chi connectivity index (χ0) is 11.4. The van der Waals surface area contributed by atoms with Crippen molar-refractivity contribution in [1.82, 2.24) is 9.97 Å². The first kappa shape index (κ1) is 11.7. The Bertz CT molecular complexity index is 387. The second-order valence-corrected chi connectivity index (χ2v) is 4.01.